The zero-order valence-electron chi connectivity index (χ0n) is 23.2. The van der Waals surface area contributed by atoms with Gasteiger partial charge in [-0.25, -0.2) is 12.8 Å². The monoisotopic (exact) mass is 569 g/mol. The van der Waals surface area contributed by atoms with Crippen molar-refractivity contribution in [1.82, 2.24) is 10.2 Å². The second-order valence-electron chi connectivity index (χ2n) is 9.42. The Morgan fingerprint density at radius 2 is 1.62 bits per heavy atom. The smallest absolute Gasteiger partial charge is 0.264 e. The van der Waals surface area contributed by atoms with Gasteiger partial charge in [-0.05, 0) is 61.7 Å². The molecule has 3 rings (SSSR count). The molecule has 0 aromatic heterocycles. The second-order valence-corrected chi connectivity index (χ2v) is 11.3. The highest BCUT2D eigenvalue weighted by Gasteiger charge is 2.34. The first-order valence-corrected chi connectivity index (χ1v) is 14.6. The van der Waals surface area contributed by atoms with Gasteiger partial charge in [-0.15, -0.1) is 0 Å². The van der Waals surface area contributed by atoms with E-state index < -0.39 is 34.3 Å². The number of rotatable bonds is 13. The van der Waals surface area contributed by atoms with Crippen LogP contribution in [0.25, 0.3) is 0 Å². The van der Waals surface area contributed by atoms with Crippen LogP contribution in [0.5, 0.6) is 5.75 Å². The highest BCUT2D eigenvalue weighted by Crippen LogP contribution is 2.27. The molecule has 0 spiro atoms. The average Bonchev–Trinajstić information content (AvgIpc) is 2.96. The number of halogens is 1. The van der Waals surface area contributed by atoms with Gasteiger partial charge < -0.3 is 15.0 Å². The number of hydrogen-bond donors (Lipinski definition) is 1. The third kappa shape index (κ3) is 7.59. The molecule has 0 radical (unpaired) electrons. The fourth-order valence-corrected chi connectivity index (χ4v) is 5.59. The molecule has 214 valence electrons. The minimum absolute atomic E-state index is 0.0110. The van der Waals surface area contributed by atoms with Gasteiger partial charge in [0.25, 0.3) is 10.0 Å². The number of sulfonamides is 1. The first-order chi connectivity index (χ1) is 19.1. The lowest BCUT2D eigenvalue weighted by molar-refractivity contribution is -0.140. The number of benzene rings is 3. The minimum atomic E-state index is -4.18. The van der Waals surface area contributed by atoms with Crippen molar-refractivity contribution < 1.29 is 27.1 Å². The van der Waals surface area contributed by atoms with E-state index in [1.54, 1.807) is 43.3 Å². The van der Waals surface area contributed by atoms with E-state index in [1.807, 2.05) is 13.8 Å². The van der Waals surface area contributed by atoms with Gasteiger partial charge in [-0.3, -0.25) is 13.9 Å². The van der Waals surface area contributed by atoms with Crippen molar-refractivity contribution in [3.8, 4) is 5.75 Å². The van der Waals surface area contributed by atoms with Crippen molar-refractivity contribution in [2.45, 2.75) is 57.1 Å². The van der Waals surface area contributed by atoms with Crippen molar-refractivity contribution >= 4 is 27.5 Å². The molecule has 40 heavy (non-hydrogen) atoms. The second kappa shape index (κ2) is 13.9. The number of carbonyl (C=O) groups excluding carboxylic acids is 2. The van der Waals surface area contributed by atoms with E-state index >= 15 is 0 Å². The summed E-state index contributed by atoms with van der Waals surface area (Å²) in [5, 5.41) is 2.93. The molecule has 1 N–H and O–H groups in total. The van der Waals surface area contributed by atoms with E-state index in [0.29, 0.717) is 24.2 Å². The van der Waals surface area contributed by atoms with Crippen LogP contribution in [0.15, 0.2) is 83.8 Å². The molecule has 0 heterocycles. The minimum Gasteiger partial charge on any atom is -0.497 e. The van der Waals surface area contributed by atoms with Gasteiger partial charge in [0.1, 0.15) is 24.2 Å². The summed E-state index contributed by atoms with van der Waals surface area (Å²) in [7, 11) is -2.72. The zero-order chi connectivity index (χ0) is 29.3. The molecule has 0 aliphatic heterocycles. The molecule has 0 bridgehead atoms. The number of anilines is 1. The highest BCUT2D eigenvalue weighted by atomic mass is 32.2. The maximum Gasteiger partial charge on any atom is 0.264 e. The van der Waals surface area contributed by atoms with Gasteiger partial charge in [0.2, 0.25) is 11.8 Å². The molecule has 2 atom stereocenters. The largest absolute Gasteiger partial charge is 0.497 e. The lowest BCUT2D eigenvalue weighted by Crippen LogP contribution is -2.53. The first-order valence-electron chi connectivity index (χ1n) is 13.2. The van der Waals surface area contributed by atoms with Gasteiger partial charge in [0, 0.05) is 18.7 Å². The fraction of sp³-hybridized carbons (Fsp3) is 0.333. The molecule has 3 aromatic rings. The van der Waals surface area contributed by atoms with E-state index in [9.17, 15) is 22.4 Å². The third-order valence-electron chi connectivity index (χ3n) is 6.60. The Balaban J connectivity index is 2.06. The van der Waals surface area contributed by atoms with Crippen LogP contribution in [-0.2, 0) is 26.2 Å². The van der Waals surface area contributed by atoms with Gasteiger partial charge in [-0.1, -0.05) is 50.2 Å². The number of amides is 2. The van der Waals surface area contributed by atoms with Crippen LogP contribution in [-0.4, -0.2) is 50.9 Å². The molecule has 0 unspecified atom stereocenters. The molecule has 0 aliphatic rings. The predicted octanol–water partition coefficient (Wildman–Crippen LogP) is 4.75. The number of methoxy groups -OCH3 is 1. The lowest BCUT2D eigenvalue weighted by Gasteiger charge is -2.33. The van der Waals surface area contributed by atoms with Crippen LogP contribution in [0.1, 0.15) is 39.2 Å². The van der Waals surface area contributed by atoms with Gasteiger partial charge in [-0.2, -0.15) is 0 Å². The number of nitrogens with zero attached hydrogens (tertiary/aromatic N) is 2. The Bertz CT molecular complexity index is 1380. The van der Waals surface area contributed by atoms with Crippen molar-refractivity contribution in [3.05, 3.63) is 90.2 Å². The summed E-state index contributed by atoms with van der Waals surface area (Å²) in [6, 6.07) is 18.9. The summed E-state index contributed by atoms with van der Waals surface area (Å²) in [5.41, 5.74) is 0.832. The normalized spacial score (nSPS) is 12.7. The van der Waals surface area contributed by atoms with Crippen molar-refractivity contribution in [2.24, 2.45) is 0 Å². The number of carbonyl (C=O) groups is 2. The summed E-state index contributed by atoms with van der Waals surface area (Å²) >= 11 is 0. The molecule has 2 amide bonds. The van der Waals surface area contributed by atoms with Gasteiger partial charge in [0.15, 0.2) is 0 Å². The lowest BCUT2D eigenvalue weighted by atomic mass is 10.1. The van der Waals surface area contributed by atoms with Gasteiger partial charge >= 0.3 is 0 Å². The summed E-state index contributed by atoms with van der Waals surface area (Å²) < 4.78 is 47.6. The average molecular weight is 570 g/mol. The Morgan fingerprint density at radius 3 is 2.23 bits per heavy atom. The highest BCUT2D eigenvalue weighted by molar-refractivity contribution is 7.92. The van der Waals surface area contributed by atoms with Crippen LogP contribution in [0.3, 0.4) is 0 Å². The van der Waals surface area contributed by atoms with Crippen molar-refractivity contribution in [3.63, 3.8) is 0 Å². The molecule has 10 heteroatoms. The van der Waals surface area contributed by atoms with Gasteiger partial charge in [0.05, 0.1) is 17.7 Å². The zero-order valence-corrected chi connectivity index (χ0v) is 24.0. The maximum atomic E-state index is 14.0. The summed E-state index contributed by atoms with van der Waals surface area (Å²) in [6.07, 6.45) is 0.993. The van der Waals surface area contributed by atoms with Crippen molar-refractivity contribution in [1.29, 1.82) is 0 Å². The maximum absolute atomic E-state index is 14.0. The molecular weight excluding hydrogens is 533 g/mol. The van der Waals surface area contributed by atoms with Crippen LogP contribution in [0.2, 0.25) is 0 Å². The molecule has 8 nitrogen and oxygen atoms in total. The molecule has 0 saturated heterocycles. The summed E-state index contributed by atoms with van der Waals surface area (Å²) in [5.74, 6) is -0.939. The van der Waals surface area contributed by atoms with Crippen LogP contribution in [0, 0.1) is 5.82 Å². The standard InChI is InChI=1S/C30H36FN3O5S/c1-5-22(3)32-30(36)28(6-2)33(20-23-15-17-24(31)18-16-23)29(35)21-34(25-11-10-12-26(19-25)39-4)40(37,38)27-13-8-7-9-14-27/h7-19,22,28H,5-6,20-21H2,1-4H3,(H,32,36)/t22-,28+/m0/s1. The number of hydrogen-bond acceptors (Lipinski definition) is 5. The molecule has 0 saturated carbocycles. The van der Waals surface area contributed by atoms with E-state index in [1.165, 1.54) is 54.5 Å². The molecular formula is C30H36FN3O5S. The first kappa shape index (κ1) is 30.6. The van der Waals surface area contributed by atoms with E-state index in [0.717, 1.165) is 4.31 Å². The summed E-state index contributed by atoms with van der Waals surface area (Å²) in [6.45, 7) is 5.01. The Kier molecular flexibility index (Phi) is 10.7. The fourth-order valence-electron chi connectivity index (χ4n) is 4.16. The topological polar surface area (TPSA) is 96.0 Å². The quantitative estimate of drug-likeness (QED) is 0.321. The summed E-state index contributed by atoms with van der Waals surface area (Å²) in [4.78, 5) is 28.7. The molecule has 0 aliphatic carbocycles. The molecule has 3 aromatic carbocycles. The van der Waals surface area contributed by atoms with Crippen LogP contribution in [0.4, 0.5) is 10.1 Å². The van der Waals surface area contributed by atoms with E-state index in [2.05, 4.69) is 5.32 Å². The van der Waals surface area contributed by atoms with Crippen LogP contribution < -0.4 is 14.4 Å². The SMILES string of the molecule is CC[C@H](C(=O)N[C@@H](C)CC)N(Cc1ccc(F)cc1)C(=O)CN(c1cccc(OC)c1)S(=O)(=O)c1ccccc1. The van der Waals surface area contributed by atoms with Crippen LogP contribution >= 0.6 is 0 Å². The molecule has 0 fully saturated rings. The Hall–Kier alpha value is -3.92. The predicted molar refractivity (Wildman–Crippen MR) is 153 cm³/mol. The Morgan fingerprint density at radius 1 is 0.950 bits per heavy atom. The number of ether oxygens (including phenoxy) is 1. The van der Waals surface area contributed by atoms with Crippen molar-refractivity contribution in [2.75, 3.05) is 18.0 Å². The van der Waals surface area contributed by atoms with E-state index in [4.69, 9.17) is 4.74 Å². The third-order valence-corrected chi connectivity index (χ3v) is 8.39. The number of nitrogens with one attached hydrogen (secondary N) is 1. The van der Waals surface area contributed by atoms with E-state index in [-0.39, 0.29) is 29.1 Å². The Labute approximate surface area is 235 Å².